The smallest absolute Gasteiger partial charge is 0.416 e. The molecule has 0 aliphatic heterocycles. The number of hydrogen-bond acceptors (Lipinski definition) is 2. The summed E-state index contributed by atoms with van der Waals surface area (Å²) in [7, 11) is 0. The van der Waals surface area contributed by atoms with E-state index in [1.54, 1.807) is 19.1 Å². The Morgan fingerprint density at radius 1 is 1.12 bits per heavy atom. The molecule has 3 nitrogen and oxygen atoms in total. The van der Waals surface area contributed by atoms with Crippen molar-refractivity contribution in [2.75, 3.05) is 11.9 Å². The Labute approximate surface area is 146 Å². The third-order valence-electron chi connectivity index (χ3n) is 3.10. The summed E-state index contributed by atoms with van der Waals surface area (Å²) >= 11 is 12.0. The number of amides is 1. The molecule has 0 aliphatic carbocycles. The number of aryl methyl sites for hydroxylation is 1. The zero-order chi connectivity index (χ0) is 17.9. The van der Waals surface area contributed by atoms with Crippen LogP contribution in [0, 0.1) is 6.92 Å². The molecule has 8 heteroatoms. The zero-order valence-electron chi connectivity index (χ0n) is 12.4. The van der Waals surface area contributed by atoms with Crippen LogP contribution >= 0.6 is 23.2 Å². The van der Waals surface area contributed by atoms with Gasteiger partial charge >= 0.3 is 6.18 Å². The molecule has 2 aromatic carbocycles. The highest BCUT2D eigenvalue weighted by Gasteiger charge is 2.30. The highest BCUT2D eigenvalue weighted by Crippen LogP contribution is 2.33. The molecule has 0 unspecified atom stereocenters. The van der Waals surface area contributed by atoms with Crippen LogP contribution in [0.2, 0.25) is 10.0 Å². The summed E-state index contributed by atoms with van der Waals surface area (Å²) in [5, 5.41) is 3.10. The van der Waals surface area contributed by atoms with Crippen molar-refractivity contribution < 1.29 is 22.7 Å². The fourth-order valence-electron chi connectivity index (χ4n) is 1.84. The Hall–Kier alpha value is -1.92. The largest absolute Gasteiger partial charge is 0.484 e. The summed E-state index contributed by atoms with van der Waals surface area (Å²) in [6, 6.07) is 7.34. The first-order valence-electron chi connectivity index (χ1n) is 6.73. The molecule has 0 aromatic heterocycles. The van der Waals surface area contributed by atoms with E-state index in [1.807, 2.05) is 0 Å². The van der Waals surface area contributed by atoms with Crippen LogP contribution in [0.15, 0.2) is 36.4 Å². The van der Waals surface area contributed by atoms with Gasteiger partial charge in [0.2, 0.25) is 0 Å². The summed E-state index contributed by atoms with van der Waals surface area (Å²) in [4.78, 5) is 11.9. The summed E-state index contributed by atoms with van der Waals surface area (Å²) in [6.45, 7) is 1.36. The fraction of sp³-hybridized carbons (Fsp3) is 0.188. The summed E-state index contributed by atoms with van der Waals surface area (Å²) in [5.74, 6) is -0.399. The zero-order valence-corrected chi connectivity index (χ0v) is 13.9. The van der Waals surface area contributed by atoms with Gasteiger partial charge in [0.1, 0.15) is 5.75 Å². The number of rotatable bonds is 4. The van der Waals surface area contributed by atoms with Crippen molar-refractivity contribution in [3.63, 3.8) is 0 Å². The molecule has 0 saturated heterocycles. The molecule has 1 N–H and O–H groups in total. The van der Waals surface area contributed by atoms with E-state index < -0.39 is 24.3 Å². The Balaban J connectivity index is 1.98. The van der Waals surface area contributed by atoms with Gasteiger partial charge in [0, 0.05) is 0 Å². The van der Waals surface area contributed by atoms with Crippen molar-refractivity contribution in [1.82, 2.24) is 0 Å². The van der Waals surface area contributed by atoms with Gasteiger partial charge in [0.25, 0.3) is 5.91 Å². The lowest BCUT2D eigenvalue weighted by Gasteiger charge is -2.12. The van der Waals surface area contributed by atoms with Crippen molar-refractivity contribution in [1.29, 1.82) is 0 Å². The molecule has 24 heavy (non-hydrogen) atoms. The van der Waals surface area contributed by atoms with Crippen LogP contribution in [0.5, 0.6) is 5.75 Å². The fourth-order valence-corrected chi connectivity index (χ4v) is 2.30. The quantitative estimate of drug-likeness (QED) is 0.780. The number of hydrogen-bond donors (Lipinski definition) is 1. The van der Waals surface area contributed by atoms with Crippen LogP contribution in [0.4, 0.5) is 18.9 Å². The average Bonchev–Trinajstić information content (AvgIpc) is 2.53. The lowest BCUT2D eigenvalue weighted by molar-refractivity contribution is -0.137. The number of halogens is 5. The van der Waals surface area contributed by atoms with E-state index in [2.05, 4.69) is 5.32 Å². The standard InChI is InChI=1S/C16H12Cl2F3NO2/c1-9-2-7-12(17)15(14(9)18)22-13(23)8-24-11-5-3-10(4-6-11)16(19,20)21/h2-7H,8H2,1H3,(H,22,23). The number of nitrogens with one attached hydrogen (secondary N) is 1. The first-order chi connectivity index (χ1) is 11.2. The average molecular weight is 378 g/mol. The van der Waals surface area contributed by atoms with Gasteiger partial charge in [0.05, 0.1) is 21.3 Å². The number of carbonyl (C=O) groups is 1. The normalized spacial score (nSPS) is 11.2. The second kappa shape index (κ2) is 7.32. The maximum atomic E-state index is 12.5. The number of alkyl halides is 3. The molecular weight excluding hydrogens is 366 g/mol. The van der Waals surface area contributed by atoms with Gasteiger partial charge < -0.3 is 10.1 Å². The van der Waals surface area contributed by atoms with Gasteiger partial charge in [-0.15, -0.1) is 0 Å². The van der Waals surface area contributed by atoms with Crippen molar-refractivity contribution >= 4 is 34.8 Å². The van der Waals surface area contributed by atoms with Crippen LogP contribution in [0.25, 0.3) is 0 Å². The summed E-state index contributed by atoms with van der Waals surface area (Å²) < 4.78 is 42.5. The highest BCUT2D eigenvalue weighted by atomic mass is 35.5. The van der Waals surface area contributed by atoms with E-state index in [1.165, 1.54) is 0 Å². The van der Waals surface area contributed by atoms with Crippen LogP contribution in [-0.2, 0) is 11.0 Å². The van der Waals surface area contributed by atoms with E-state index in [-0.39, 0.29) is 16.5 Å². The molecule has 128 valence electrons. The molecule has 0 saturated carbocycles. The first kappa shape index (κ1) is 18.4. The van der Waals surface area contributed by atoms with Crippen molar-refractivity contribution in [2.45, 2.75) is 13.1 Å². The molecule has 0 heterocycles. The number of benzene rings is 2. The monoisotopic (exact) mass is 377 g/mol. The first-order valence-corrected chi connectivity index (χ1v) is 7.48. The molecule has 0 aliphatic rings. The number of anilines is 1. The SMILES string of the molecule is Cc1ccc(Cl)c(NC(=O)COc2ccc(C(F)(F)F)cc2)c1Cl. The summed E-state index contributed by atoms with van der Waals surface area (Å²) in [5.41, 5.74) is 0.206. The van der Waals surface area contributed by atoms with Crippen molar-refractivity contribution in [3.8, 4) is 5.75 Å². The second-order valence-electron chi connectivity index (χ2n) is 4.91. The lowest BCUT2D eigenvalue weighted by atomic mass is 10.2. The molecule has 2 aromatic rings. The lowest BCUT2D eigenvalue weighted by Crippen LogP contribution is -2.20. The Morgan fingerprint density at radius 3 is 2.33 bits per heavy atom. The number of ether oxygens (including phenoxy) is 1. The minimum atomic E-state index is -4.42. The number of carbonyl (C=O) groups excluding carboxylic acids is 1. The molecule has 0 atom stereocenters. The van der Waals surface area contributed by atoms with E-state index >= 15 is 0 Å². The van der Waals surface area contributed by atoms with Crippen molar-refractivity contribution in [2.24, 2.45) is 0 Å². The molecule has 0 fully saturated rings. The van der Waals surface area contributed by atoms with Gasteiger partial charge in [-0.05, 0) is 42.8 Å². The van der Waals surface area contributed by atoms with Crippen LogP contribution in [0.3, 0.4) is 0 Å². The predicted molar refractivity (Wildman–Crippen MR) is 86.8 cm³/mol. The second-order valence-corrected chi connectivity index (χ2v) is 5.70. The third-order valence-corrected chi connectivity index (χ3v) is 3.90. The van der Waals surface area contributed by atoms with Gasteiger partial charge in [0.15, 0.2) is 6.61 Å². The van der Waals surface area contributed by atoms with Gasteiger partial charge in [-0.1, -0.05) is 29.3 Å². The molecule has 2 rings (SSSR count). The highest BCUT2D eigenvalue weighted by molar-refractivity contribution is 6.40. The van der Waals surface area contributed by atoms with Crippen LogP contribution < -0.4 is 10.1 Å². The van der Waals surface area contributed by atoms with E-state index in [4.69, 9.17) is 27.9 Å². The Bertz CT molecular complexity index is 746. The van der Waals surface area contributed by atoms with E-state index in [0.29, 0.717) is 5.02 Å². The topological polar surface area (TPSA) is 38.3 Å². The molecular formula is C16H12Cl2F3NO2. The van der Waals surface area contributed by atoms with E-state index in [9.17, 15) is 18.0 Å². The van der Waals surface area contributed by atoms with Gasteiger partial charge in [-0.3, -0.25) is 4.79 Å². The molecule has 0 bridgehead atoms. The molecule has 0 radical (unpaired) electrons. The minimum absolute atomic E-state index is 0.139. The maximum Gasteiger partial charge on any atom is 0.416 e. The molecule has 0 spiro atoms. The Kier molecular flexibility index (Phi) is 5.62. The Morgan fingerprint density at radius 2 is 1.75 bits per heavy atom. The third kappa shape index (κ3) is 4.55. The van der Waals surface area contributed by atoms with E-state index in [0.717, 1.165) is 29.8 Å². The van der Waals surface area contributed by atoms with Gasteiger partial charge in [-0.2, -0.15) is 13.2 Å². The van der Waals surface area contributed by atoms with Crippen LogP contribution in [-0.4, -0.2) is 12.5 Å². The van der Waals surface area contributed by atoms with Crippen LogP contribution in [0.1, 0.15) is 11.1 Å². The van der Waals surface area contributed by atoms with Gasteiger partial charge in [-0.25, -0.2) is 0 Å². The minimum Gasteiger partial charge on any atom is -0.484 e. The predicted octanol–water partition coefficient (Wildman–Crippen LogP) is 5.34. The summed E-state index contributed by atoms with van der Waals surface area (Å²) in [6.07, 6.45) is -4.42. The maximum absolute atomic E-state index is 12.5. The van der Waals surface area contributed by atoms with Crippen molar-refractivity contribution in [3.05, 3.63) is 57.6 Å². The molecule has 1 amide bonds.